The fourth-order valence-electron chi connectivity index (χ4n) is 2.20. The van der Waals surface area contributed by atoms with Crippen molar-refractivity contribution in [3.63, 3.8) is 0 Å². The highest BCUT2D eigenvalue weighted by Crippen LogP contribution is 2.27. The van der Waals surface area contributed by atoms with Crippen LogP contribution in [0.25, 0.3) is 0 Å². The van der Waals surface area contributed by atoms with Crippen molar-refractivity contribution in [2.75, 3.05) is 41.3 Å². The zero-order valence-electron chi connectivity index (χ0n) is 16.6. The van der Waals surface area contributed by atoms with E-state index in [0.29, 0.717) is 11.5 Å². The number of hydrogen-bond donors (Lipinski definition) is 1. The van der Waals surface area contributed by atoms with E-state index < -0.39 is 0 Å². The number of rotatable bonds is 6. The zero-order valence-corrected chi connectivity index (χ0v) is 16.6. The first-order chi connectivity index (χ1) is 9.72. The lowest BCUT2D eigenvalue weighted by atomic mass is 9.86. The van der Waals surface area contributed by atoms with Crippen LogP contribution < -0.4 is 5.32 Å². The second-order valence-corrected chi connectivity index (χ2v) is 7.18. The Morgan fingerprint density at radius 2 is 1.57 bits per heavy atom. The molecule has 0 aromatic carbocycles. The van der Waals surface area contributed by atoms with Gasteiger partial charge in [0.1, 0.15) is 0 Å². The molecule has 0 saturated heterocycles. The molecule has 1 atom stereocenters. The molecule has 3 nitrogen and oxygen atoms in total. The summed E-state index contributed by atoms with van der Waals surface area (Å²) in [7, 11) is 8.48. The predicted molar refractivity (Wildman–Crippen MR) is 98.1 cm³/mol. The molecule has 1 aliphatic rings. The van der Waals surface area contributed by atoms with Crippen molar-refractivity contribution >= 4 is 0 Å². The second kappa shape index (κ2) is 12.4. The van der Waals surface area contributed by atoms with Crippen molar-refractivity contribution in [2.24, 2.45) is 5.41 Å². The summed E-state index contributed by atoms with van der Waals surface area (Å²) >= 11 is 0. The van der Waals surface area contributed by atoms with Gasteiger partial charge in [0.2, 0.25) is 0 Å². The molecule has 0 heterocycles. The summed E-state index contributed by atoms with van der Waals surface area (Å²) in [6, 6.07) is 1.47. The maximum Gasteiger partial charge on any atom is 0.0240 e. The maximum atomic E-state index is 3.41. The Labute approximate surface area is 135 Å². The number of hydrogen-bond acceptors (Lipinski definition) is 3. The van der Waals surface area contributed by atoms with E-state index in [1.807, 2.05) is 13.8 Å². The van der Waals surface area contributed by atoms with Gasteiger partial charge in [-0.2, -0.15) is 0 Å². The van der Waals surface area contributed by atoms with Crippen LogP contribution in [0.4, 0.5) is 0 Å². The normalized spacial score (nSPS) is 16.0. The summed E-state index contributed by atoms with van der Waals surface area (Å²) in [5, 5.41) is 3.41. The van der Waals surface area contributed by atoms with Gasteiger partial charge in [-0.05, 0) is 59.4 Å². The van der Waals surface area contributed by atoms with Crippen molar-refractivity contribution in [1.82, 2.24) is 15.1 Å². The molecule has 3 heteroatoms. The lowest BCUT2D eigenvalue weighted by Gasteiger charge is -2.33. The quantitative estimate of drug-likeness (QED) is 0.807. The fraction of sp³-hybridized carbons (Fsp3) is 1.00. The van der Waals surface area contributed by atoms with E-state index in [9.17, 15) is 0 Å². The Morgan fingerprint density at radius 3 is 1.76 bits per heavy atom. The molecule has 1 rings (SSSR count). The van der Waals surface area contributed by atoms with Crippen molar-refractivity contribution in [3.05, 3.63) is 0 Å². The van der Waals surface area contributed by atoms with E-state index >= 15 is 0 Å². The molecule has 1 fully saturated rings. The van der Waals surface area contributed by atoms with Gasteiger partial charge in [0.25, 0.3) is 0 Å². The Hall–Kier alpha value is -0.120. The van der Waals surface area contributed by atoms with Crippen LogP contribution in [-0.4, -0.2) is 63.2 Å². The molecule has 1 N–H and O–H groups in total. The van der Waals surface area contributed by atoms with Gasteiger partial charge in [-0.15, -0.1) is 0 Å². The molecule has 1 saturated carbocycles. The van der Waals surface area contributed by atoms with Gasteiger partial charge in [-0.1, -0.05) is 41.5 Å². The minimum absolute atomic E-state index is 0.359. The first kappa shape index (κ1) is 23.2. The van der Waals surface area contributed by atoms with Gasteiger partial charge >= 0.3 is 0 Å². The molecule has 130 valence electrons. The fourth-order valence-corrected chi connectivity index (χ4v) is 2.20. The van der Waals surface area contributed by atoms with Crippen molar-refractivity contribution in [1.29, 1.82) is 0 Å². The second-order valence-electron chi connectivity index (χ2n) is 7.18. The number of nitrogens with zero attached hydrogens (tertiary/aromatic N) is 2. The molecule has 21 heavy (non-hydrogen) atoms. The van der Waals surface area contributed by atoms with Crippen LogP contribution in [0.15, 0.2) is 0 Å². The summed E-state index contributed by atoms with van der Waals surface area (Å²) in [5.41, 5.74) is 0.359. The van der Waals surface area contributed by atoms with E-state index in [1.165, 1.54) is 32.4 Å². The van der Waals surface area contributed by atoms with E-state index in [1.54, 1.807) is 0 Å². The van der Waals surface area contributed by atoms with Gasteiger partial charge in [0.05, 0.1) is 0 Å². The minimum atomic E-state index is 0.359. The summed E-state index contributed by atoms with van der Waals surface area (Å²) in [6.45, 7) is 15.5. The van der Waals surface area contributed by atoms with Crippen LogP contribution in [0.2, 0.25) is 0 Å². The molecule has 1 aliphatic carbocycles. The highest BCUT2D eigenvalue weighted by molar-refractivity contribution is 4.88. The maximum absolute atomic E-state index is 3.41. The monoisotopic (exact) mass is 301 g/mol. The summed E-state index contributed by atoms with van der Waals surface area (Å²) in [4.78, 5) is 4.67. The van der Waals surface area contributed by atoms with Gasteiger partial charge < -0.3 is 15.1 Å². The largest absolute Gasteiger partial charge is 0.315 e. The van der Waals surface area contributed by atoms with Gasteiger partial charge in [-0.25, -0.2) is 0 Å². The van der Waals surface area contributed by atoms with Crippen molar-refractivity contribution in [2.45, 2.75) is 72.9 Å². The molecular formula is C18H43N3. The topological polar surface area (TPSA) is 18.5 Å². The highest BCUT2D eigenvalue weighted by atomic mass is 15.2. The molecule has 0 aromatic heterocycles. The first-order valence-electron chi connectivity index (χ1n) is 8.74. The summed E-state index contributed by atoms with van der Waals surface area (Å²) in [5.74, 6) is 0. The predicted octanol–water partition coefficient (Wildman–Crippen LogP) is 3.70. The van der Waals surface area contributed by atoms with Crippen LogP contribution in [-0.2, 0) is 0 Å². The highest BCUT2D eigenvalue weighted by Gasteiger charge is 2.30. The average Bonchev–Trinajstić information content (AvgIpc) is 3.21. The third-order valence-corrected chi connectivity index (χ3v) is 3.71. The molecular weight excluding hydrogens is 258 g/mol. The minimum Gasteiger partial charge on any atom is -0.315 e. The average molecular weight is 302 g/mol. The molecule has 0 aromatic rings. The Bertz CT molecular complexity index is 217. The first-order valence-corrected chi connectivity index (χ1v) is 8.74. The molecule has 0 aliphatic heterocycles. The summed E-state index contributed by atoms with van der Waals surface area (Å²) < 4.78 is 0. The third kappa shape index (κ3) is 13.3. The van der Waals surface area contributed by atoms with Crippen molar-refractivity contribution in [3.8, 4) is 0 Å². The molecule has 0 spiro atoms. The number of likely N-dealkylation sites (N-methyl/N-ethyl adjacent to an activating group) is 2. The molecule has 0 bridgehead atoms. The van der Waals surface area contributed by atoms with Crippen molar-refractivity contribution < 1.29 is 0 Å². The molecule has 0 radical (unpaired) electrons. The van der Waals surface area contributed by atoms with Crippen LogP contribution in [0, 0.1) is 5.41 Å². The van der Waals surface area contributed by atoms with Gasteiger partial charge in [0, 0.05) is 18.6 Å². The van der Waals surface area contributed by atoms with E-state index in [4.69, 9.17) is 0 Å². The Kier molecular flexibility index (Phi) is 13.7. The van der Waals surface area contributed by atoms with E-state index in [0.717, 1.165) is 6.04 Å². The van der Waals surface area contributed by atoms with Crippen LogP contribution in [0.5, 0.6) is 0 Å². The molecule has 0 amide bonds. The SMILES string of the molecule is CC.CCCN(C)C.CNC(CN(C)C1CC1)C(C)(C)C. The van der Waals surface area contributed by atoms with E-state index in [2.05, 4.69) is 71.0 Å². The van der Waals surface area contributed by atoms with Gasteiger partial charge in [0.15, 0.2) is 0 Å². The molecule has 1 unspecified atom stereocenters. The smallest absolute Gasteiger partial charge is 0.0240 e. The van der Waals surface area contributed by atoms with E-state index in [-0.39, 0.29) is 0 Å². The lowest BCUT2D eigenvalue weighted by molar-refractivity contribution is 0.197. The van der Waals surface area contributed by atoms with Crippen LogP contribution in [0.3, 0.4) is 0 Å². The van der Waals surface area contributed by atoms with Crippen LogP contribution in [0.1, 0.15) is 60.8 Å². The number of nitrogens with one attached hydrogen (secondary N) is 1. The zero-order chi connectivity index (χ0) is 17.1. The van der Waals surface area contributed by atoms with Crippen LogP contribution >= 0.6 is 0 Å². The lowest BCUT2D eigenvalue weighted by Crippen LogP contribution is -2.46. The summed E-state index contributed by atoms with van der Waals surface area (Å²) in [6.07, 6.45) is 4.06. The van der Waals surface area contributed by atoms with Gasteiger partial charge in [-0.3, -0.25) is 0 Å². The third-order valence-electron chi connectivity index (χ3n) is 3.71. The standard InChI is InChI=1S/C11H24N2.C5H13N.C2H6/c1-11(2,3)10(12-4)8-13(5)9-6-7-9;1-4-5-6(2)3;1-2/h9-10,12H,6-8H2,1-5H3;4-5H2,1-3H3;1-2H3. The Balaban J connectivity index is 0. The Morgan fingerprint density at radius 1 is 1.10 bits per heavy atom.